The van der Waals surface area contributed by atoms with Gasteiger partial charge in [0.05, 0.1) is 37.8 Å². The molecule has 2 saturated heterocycles. The summed E-state index contributed by atoms with van der Waals surface area (Å²) < 4.78 is 11.6. The molecule has 0 radical (unpaired) electrons. The molecule has 0 aliphatic carbocycles. The molecule has 0 saturated carbocycles. The van der Waals surface area contributed by atoms with E-state index in [1.54, 1.807) is 9.80 Å². The van der Waals surface area contributed by atoms with Crippen molar-refractivity contribution < 1.29 is 29.0 Å². The maximum atomic E-state index is 13.6. The number of rotatable bonds is 8. The van der Waals surface area contributed by atoms with Crippen LogP contribution in [0.3, 0.4) is 0 Å². The third-order valence-electron chi connectivity index (χ3n) is 8.71. The number of carbonyl (C=O) groups is 2. The Morgan fingerprint density at radius 2 is 1.79 bits per heavy atom. The van der Waals surface area contributed by atoms with Gasteiger partial charge in [-0.15, -0.1) is 0 Å². The smallest absolute Gasteiger partial charge is 0.414 e. The summed E-state index contributed by atoms with van der Waals surface area (Å²) in [5.74, 6) is 0.101. The fourth-order valence-electron chi connectivity index (χ4n) is 6.72. The van der Waals surface area contributed by atoms with Crippen LogP contribution in [0, 0.1) is 5.92 Å². The lowest BCUT2D eigenvalue weighted by molar-refractivity contribution is -0.138. The number of ether oxygens (including phenoxy) is 2. The van der Waals surface area contributed by atoms with Crippen LogP contribution < -0.4 is 4.90 Å². The van der Waals surface area contributed by atoms with E-state index < -0.39 is 8.32 Å². The molecule has 210 valence electrons. The number of carbonyl (C=O) groups excluding carboxylic acids is 2. The Labute approximate surface area is 231 Å². The fraction of sp³-hybridized carbons (Fsp3) is 0.533. The maximum absolute atomic E-state index is 13.6. The second kappa shape index (κ2) is 11.4. The Hall–Kier alpha value is -2.72. The number of aliphatic hydroxyl groups is 1. The largest absolute Gasteiger partial charge is 0.447 e. The number of fused-ring (bicyclic) bond motifs is 1. The molecule has 3 aliphatic heterocycles. The fourth-order valence-corrected chi connectivity index (χ4v) is 9.33. The molecule has 0 bridgehead atoms. The summed E-state index contributed by atoms with van der Waals surface area (Å²) in [6.45, 7) is 7.41. The van der Waals surface area contributed by atoms with Crippen LogP contribution >= 0.6 is 0 Å². The van der Waals surface area contributed by atoms with Gasteiger partial charge in [-0.3, -0.25) is 9.69 Å². The Bertz CT molecular complexity index is 1180. The second-order valence-corrected chi connectivity index (χ2v) is 15.7. The van der Waals surface area contributed by atoms with E-state index in [4.69, 9.17) is 9.47 Å². The molecule has 0 spiro atoms. The molecule has 5 rings (SSSR count). The van der Waals surface area contributed by atoms with Crippen LogP contribution in [0.2, 0.25) is 18.6 Å². The molecule has 2 fully saturated rings. The van der Waals surface area contributed by atoms with Gasteiger partial charge in [0.2, 0.25) is 5.91 Å². The van der Waals surface area contributed by atoms with Gasteiger partial charge in [0.25, 0.3) is 0 Å². The minimum Gasteiger partial charge on any atom is -0.447 e. The molecule has 5 atom stereocenters. The Morgan fingerprint density at radius 3 is 2.44 bits per heavy atom. The molecule has 9 heteroatoms. The van der Waals surface area contributed by atoms with Gasteiger partial charge in [-0.2, -0.15) is 0 Å². The first-order chi connectivity index (χ1) is 18.7. The number of hydrogen-bond acceptors (Lipinski definition) is 6. The molecule has 0 aromatic heterocycles. The van der Waals surface area contributed by atoms with Crippen LogP contribution in [0.1, 0.15) is 36.5 Å². The number of amides is 2. The van der Waals surface area contributed by atoms with Crippen LogP contribution in [-0.2, 0) is 33.7 Å². The minimum atomic E-state index is -2.62. The van der Waals surface area contributed by atoms with E-state index in [1.807, 2.05) is 55.6 Å². The average Bonchev–Trinajstić information content (AvgIpc) is 3.48. The number of hydrogen-bond donors (Lipinski definition) is 2. The molecule has 2 N–H and O–H groups in total. The summed E-state index contributed by atoms with van der Waals surface area (Å²) in [5, 5.41) is 10.0. The van der Waals surface area contributed by atoms with Gasteiger partial charge >= 0.3 is 6.09 Å². The van der Waals surface area contributed by atoms with Gasteiger partial charge in [-0.25, -0.2) is 4.79 Å². The van der Waals surface area contributed by atoms with Crippen molar-refractivity contribution in [3.05, 3.63) is 65.2 Å². The van der Waals surface area contributed by atoms with Crippen LogP contribution in [0.4, 0.5) is 10.5 Å². The SMILES string of the molecule is C[C@@H]1[C@@H]([Si](C)(C)O)[C@H](CC(=O)N2Cc3ccccc3C[C@H]2CO)O[C@@H]1CCc1ccc(N2CCOC2=O)cc1. The number of nitrogens with zero attached hydrogens (tertiary/aromatic N) is 2. The Kier molecular flexibility index (Phi) is 8.14. The van der Waals surface area contributed by atoms with E-state index in [-0.39, 0.29) is 54.7 Å². The van der Waals surface area contributed by atoms with Gasteiger partial charge < -0.3 is 24.3 Å². The maximum Gasteiger partial charge on any atom is 0.414 e. The standard InChI is InChI=1S/C30H40N2O6Si/c1-20-26(13-10-21-8-11-24(12-9-21)31-14-15-37-30(31)35)38-27(29(20)39(2,3)36)17-28(34)32-18-23-7-5-4-6-22(23)16-25(32)19-33/h4-9,11-12,20,25-27,29,33,36H,10,13-19H2,1-3H3/t20-,25-,26+,27-,29+/m0/s1. The van der Waals surface area contributed by atoms with Crippen LogP contribution in [0.15, 0.2) is 48.5 Å². The van der Waals surface area contributed by atoms with Crippen LogP contribution in [0.5, 0.6) is 0 Å². The van der Waals surface area contributed by atoms with E-state index in [0.29, 0.717) is 26.1 Å². The zero-order valence-electron chi connectivity index (χ0n) is 23.1. The van der Waals surface area contributed by atoms with Crippen molar-refractivity contribution in [3.63, 3.8) is 0 Å². The van der Waals surface area contributed by atoms with Crippen molar-refractivity contribution in [2.75, 3.05) is 24.7 Å². The molecule has 2 amide bonds. The minimum absolute atomic E-state index is 0.0271. The lowest BCUT2D eigenvalue weighted by Gasteiger charge is -2.37. The zero-order valence-corrected chi connectivity index (χ0v) is 24.1. The number of anilines is 1. The van der Waals surface area contributed by atoms with Gasteiger partial charge in [-0.05, 0) is 67.1 Å². The van der Waals surface area contributed by atoms with Crippen molar-refractivity contribution in [1.82, 2.24) is 4.90 Å². The summed E-state index contributed by atoms with van der Waals surface area (Å²) in [6.07, 6.45) is 1.73. The first-order valence-corrected chi connectivity index (χ1v) is 17.1. The Balaban J connectivity index is 1.24. The summed E-state index contributed by atoms with van der Waals surface area (Å²) >= 11 is 0. The van der Waals surface area contributed by atoms with Crippen LogP contribution in [-0.4, -0.2) is 73.1 Å². The average molecular weight is 553 g/mol. The Morgan fingerprint density at radius 1 is 1.08 bits per heavy atom. The normalized spacial score (nSPS) is 27.0. The third-order valence-corrected chi connectivity index (χ3v) is 11.2. The van der Waals surface area contributed by atoms with Crippen molar-refractivity contribution in [1.29, 1.82) is 0 Å². The van der Waals surface area contributed by atoms with E-state index >= 15 is 0 Å². The molecule has 3 heterocycles. The molecule has 39 heavy (non-hydrogen) atoms. The number of aryl methyl sites for hydroxylation is 1. The highest BCUT2D eigenvalue weighted by molar-refractivity contribution is 6.71. The van der Waals surface area contributed by atoms with Gasteiger partial charge in [0.1, 0.15) is 6.61 Å². The van der Waals surface area contributed by atoms with Gasteiger partial charge in [-0.1, -0.05) is 43.3 Å². The molecular weight excluding hydrogens is 512 g/mol. The third kappa shape index (κ3) is 5.91. The highest BCUT2D eigenvalue weighted by Crippen LogP contribution is 2.46. The number of aliphatic hydroxyl groups excluding tert-OH is 1. The molecular formula is C30H40N2O6Si. The van der Waals surface area contributed by atoms with Crippen molar-refractivity contribution in [3.8, 4) is 0 Å². The highest BCUT2D eigenvalue weighted by atomic mass is 28.4. The topological polar surface area (TPSA) is 99.5 Å². The van der Waals surface area contributed by atoms with E-state index in [2.05, 4.69) is 13.0 Å². The first-order valence-electron chi connectivity index (χ1n) is 14.0. The lowest BCUT2D eigenvalue weighted by Crippen LogP contribution is -2.48. The molecule has 8 nitrogen and oxygen atoms in total. The van der Waals surface area contributed by atoms with Gasteiger partial charge in [0, 0.05) is 17.8 Å². The summed E-state index contributed by atoms with van der Waals surface area (Å²) in [4.78, 5) is 40.1. The van der Waals surface area contributed by atoms with Crippen LogP contribution in [0.25, 0.3) is 0 Å². The van der Waals surface area contributed by atoms with E-state index in [9.17, 15) is 19.5 Å². The molecule has 2 aromatic rings. The molecule has 0 unspecified atom stereocenters. The van der Waals surface area contributed by atoms with E-state index in [1.165, 1.54) is 5.56 Å². The van der Waals surface area contributed by atoms with Crippen molar-refractivity contribution >= 4 is 26.0 Å². The van der Waals surface area contributed by atoms with Gasteiger partial charge in [0.15, 0.2) is 8.32 Å². The summed E-state index contributed by atoms with van der Waals surface area (Å²) in [6, 6.07) is 15.8. The zero-order chi connectivity index (χ0) is 27.7. The van der Waals surface area contributed by atoms with E-state index in [0.717, 1.165) is 29.7 Å². The predicted molar refractivity (Wildman–Crippen MR) is 151 cm³/mol. The lowest BCUT2D eigenvalue weighted by atomic mass is 9.93. The quantitative estimate of drug-likeness (QED) is 0.482. The summed E-state index contributed by atoms with van der Waals surface area (Å²) in [7, 11) is -2.62. The van der Waals surface area contributed by atoms with Crippen molar-refractivity contribution in [2.45, 2.75) is 76.0 Å². The highest BCUT2D eigenvalue weighted by Gasteiger charge is 2.50. The summed E-state index contributed by atoms with van der Waals surface area (Å²) in [5.41, 5.74) is 4.23. The number of cyclic esters (lactones) is 1. The second-order valence-electron chi connectivity index (χ2n) is 11.8. The monoisotopic (exact) mass is 552 g/mol. The first kappa shape index (κ1) is 27.8. The number of benzene rings is 2. The molecule has 2 aromatic carbocycles. The van der Waals surface area contributed by atoms with Crippen molar-refractivity contribution in [2.24, 2.45) is 5.92 Å². The molecule has 3 aliphatic rings. The predicted octanol–water partition coefficient (Wildman–Crippen LogP) is 3.88.